The lowest BCUT2D eigenvalue weighted by Gasteiger charge is -2.29. The number of nitrogens with one attached hydrogen (secondary N) is 2. The van der Waals surface area contributed by atoms with Gasteiger partial charge in [0.1, 0.15) is 11.6 Å². The van der Waals surface area contributed by atoms with Gasteiger partial charge in [-0.15, -0.1) is 0 Å². The van der Waals surface area contributed by atoms with Gasteiger partial charge in [-0.05, 0) is 49.9 Å². The van der Waals surface area contributed by atoms with Gasteiger partial charge < -0.3 is 15.4 Å². The van der Waals surface area contributed by atoms with E-state index in [1.54, 1.807) is 24.3 Å². The van der Waals surface area contributed by atoms with Crippen molar-refractivity contribution in [2.45, 2.75) is 44.4 Å². The number of hydrogen-bond acceptors (Lipinski definition) is 2. The van der Waals surface area contributed by atoms with Crippen molar-refractivity contribution < 1.29 is 18.3 Å². The summed E-state index contributed by atoms with van der Waals surface area (Å²) in [5.74, 6) is -1.19. The highest BCUT2D eigenvalue weighted by Crippen LogP contribution is 2.24. The summed E-state index contributed by atoms with van der Waals surface area (Å²) >= 11 is 6.03. The van der Waals surface area contributed by atoms with E-state index in [2.05, 4.69) is 10.6 Å². The summed E-state index contributed by atoms with van der Waals surface area (Å²) in [6, 6.07) is 10.5. The van der Waals surface area contributed by atoms with Crippen LogP contribution in [0.1, 0.15) is 31.2 Å². The van der Waals surface area contributed by atoms with Gasteiger partial charge in [-0.1, -0.05) is 29.8 Å². The minimum atomic E-state index is -0.596. The third-order valence-corrected chi connectivity index (χ3v) is 4.99. The Hall–Kier alpha value is -2.18. The number of anilines is 1. The Morgan fingerprint density at radius 1 is 1.04 bits per heavy atom. The van der Waals surface area contributed by atoms with E-state index in [0.29, 0.717) is 23.6 Å². The second-order valence-corrected chi connectivity index (χ2v) is 6.97. The van der Waals surface area contributed by atoms with Crippen LogP contribution in [0.2, 0.25) is 5.02 Å². The lowest BCUT2D eigenvalue weighted by Crippen LogP contribution is -2.41. The fraction of sp³-hybridized carbons (Fsp3) is 0.350. The van der Waals surface area contributed by atoms with Gasteiger partial charge in [0, 0.05) is 11.6 Å². The molecule has 2 N–H and O–H groups in total. The van der Waals surface area contributed by atoms with Crippen LogP contribution in [0.4, 0.5) is 19.3 Å². The molecule has 2 aromatic rings. The van der Waals surface area contributed by atoms with Crippen molar-refractivity contribution in [3.8, 4) is 0 Å². The van der Waals surface area contributed by atoms with E-state index >= 15 is 0 Å². The number of rotatable bonds is 5. The summed E-state index contributed by atoms with van der Waals surface area (Å²) in [5, 5.41) is 6.13. The Kier molecular flexibility index (Phi) is 6.63. The van der Waals surface area contributed by atoms with Gasteiger partial charge in [-0.2, -0.15) is 0 Å². The zero-order valence-electron chi connectivity index (χ0n) is 14.7. The summed E-state index contributed by atoms with van der Waals surface area (Å²) in [6.07, 6.45) is 2.83. The molecule has 1 aliphatic carbocycles. The molecule has 0 aliphatic heterocycles. The molecule has 0 unspecified atom stereocenters. The van der Waals surface area contributed by atoms with Crippen molar-refractivity contribution >= 4 is 23.3 Å². The second kappa shape index (κ2) is 9.15. The third kappa shape index (κ3) is 5.40. The zero-order chi connectivity index (χ0) is 19.2. The van der Waals surface area contributed by atoms with E-state index < -0.39 is 11.6 Å². The van der Waals surface area contributed by atoms with Crippen molar-refractivity contribution in [3.05, 3.63) is 64.7 Å². The number of benzene rings is 2. The van der Waals surface area contributed by atoms with Gasteiger partial charge in [0.05, 0.1) is 23.4 Å². The van der Waals surface area contributed by atoms with Crippen LogP contribution in [0.3, 0.4) is 0 Å². The summed E-state index contributed by atoms with van der Waals surface area (Å²) in [7, 11) is 0. The average Bonchev–Trinajstić information content (AvgIpc) is 2.64. The van der Waals surface area contributed by atoms with E-state index in [0.717, 1.165) is 12.8 Å². The van der Waals surface area contributed by atoms with Crippen LogP contribution < -0.4 is 10.6 Å². The third-order valence-electron chi connectivity index (χ3n) is 4.66. The van der Waals surface area contributed by atoms with Crippen molar-refractivity contribution in [1.82, 2.24) is 5.32 Å². The molecule has 4 nitrogen and oxygen atoms in total. The van der Waals surface area contributed by atoms with Gasteiger partial charge in [0.2, 0.25) is 0 Å². The van der Waals surface area contributed by atoms with Gasteiger partial charge in [-0.25, -0.2) is 13.6 Å². The van der Waals surface area contributed by atoms with Crippen LogP contribution >= 0.6 is 11.6 Å². The number of halogens is 3. The molecule has 1 fully saturated rings. The second-order valence-electron chi connectivity index (χ2n) is 6.56. The molecule has 0 heterocycles. The molecular formula is C20H21ClF2N2O2. The van der Waals surface area contributed by atoms with Crippen LogP contribution in [0.5, 0.6) is 0 Å². The van der Waals surface area contributed by atoms with Gasteiger partial charge in [0.25, 0.3) is 0 Å². The number of hydrogen-bond donors (Lipinski definition) is 2. The summed E-state index contributed by atoms with van der Waals surface area (Å²) in [4.78, 5) is 12.1. The smallest absolute Gasteiger partial charge is 0.319 e. The summed E-state index contributed by atoms with van der Waals surface area (Å²) in [5.41, 5.74) is 0.512. The van der Waals surface area contributed by atoms with E-state index in [1.807, 2.05) is 0 Å². The minimum absolute atomic E-state index is 0.0255. The molecule has 0 saturated heterocycles. The molecule has 27 heavy (non-hydrogen) atoms. The topological polar surface area (TPSA) is 50.4 Å². The minimum Gasteiger partial charge on any atom is -0.373 e. The molecule has 1 aliphatic rings. The SMILES string of the molecule is O=C(Nc1ccccc1Cl)N[C@H]1CC[C@H](OCc2c(F)cccc2F)CC1. The molecule has 0 radical (unpaired) electrons. The van der Waals surface area contributed by atoms with E-state index in [-0.39, 0.29) is 30.3 Å². The Bertz CT molecular complexity index is 775. The average molecular weight is 395 g/mol. The molecule has 2 amide bonds. The fourth-order valence-corrected chi connectivity index (χ4v) is 3.33. The molecule has 0 spiro atoms. The number of ether oxygens (including phenoxy) is 1. The molecule has 1 saturated carbocycles. The van der Waals surface area contributed by atoms with Crippen LogP contribution in [0, 0.1) is 11.6 Å². The Morgan fingerprint density at radius 3 is 2.37 bits per heavy atom. The Morgan fingerprint density at radius 2 is 1.70 bits per heavy atom. The first-order valence-corrected chi connectivity index (χ1v) is 9.27. The zero-order valence-corrected chi connectivity index (χ0v) is 15.4. The molecule has 7 heteroatoms. The lowest BCUT2D eigenvalue weighted by atomic mass is 9.93. The molecule has 0 atom stereocenters. The highest BCUT2D eigenvalue weighted by atomic mass is 35.5. The largest absolute Gasteiger partial charge is 0.373 e. The fourth-order valence-electron chi connectivity index (χ4n) is 3.15. The Labute approximate surface area is 161 Å². The van der Waals surface area contributed by atoms with E-state index in [4.69, 9.17) is 16.3 Å². The predicted octanol–water partition coefficient (Wildman–Crippen LogP) is 5.27. The first-order valence-electron chi connectivity index (χ1n) is 8.89. The monoisotopic (exact) mass is 394 g/mol. The number of para-hydroxylation sites is 1. The number of carbonyl (C=O) groups is 1. The molecule has 144 valence electrons. The highest BCUT2D eigenvalue weighted by Gasteiger charge is 2.23. The van der Waals surface area contributed by atoms with Crippen LogP contribution in [-0.4, -0.2) is 18.2 Å². The van der Waals surface area contributed by atoms with Crippen LogP contribution in [-0.2, 0) is 11.3 Å². The molecule has 0 bridgehead atoms. The van der Waals surface area contributed by atoms with Crippen molar-refractivity contribution in [1.29, 1.82) is 0 Å². The standard InChI is InChI=1S/C20H21ClF2N2O2/c21-16-4-1-2-7-19(16)25-20(26)24-13-8-10-14(11-9-13)27-12-15-17(22)5-3-6-18(15)23/h1-7,13-14H,8-12H2,(H2,24,25,26)/t13-,14-. The molecule has 0 aromatic heterocycles. The van der Waals surface area contributed by atoms with E-state index in [1.165, 1.54) is 18.2 Å². The maximum Gasteiger partial charge on any atom is 0.319 e. The van der Waals surface area contributed by atoms with Crippen LogP contribution in [0.15, 0.2) is 42.5 Å². The predicted molar refractivity (Wildman–Crippen MR) is 101 cm³/mol. The molecular weight excluding hydrogens is 374 g/mol. The van der Waals surface area contributed by atoms with Crippen molar-refractivity contribution in [2.75, 3.05) is 5.32 Å². The molecule has 3 rings (SSSR count). The van der Waals surface area contributed by atoms with E-state index in [9.17, 15) is 13.6 Å². The molecule has 2 aromatic carbocycles. The Balaban J connectivity index is 1.42. The quantitative estimate of drug-likeness (QED) is 0.726. The normalized spacial score (nSPS) is 19.5. The maximum atomic E-state index is 13.6. The number of urea groups is 1. The van der Waals surface area contributed by atoms with Crippen molar-refractivity contribution in [3.63, 3.8) is 0 Å². The van der Waals surface area contributed by atoms with Gasteiger partial charge in [-0.3, -0.25) is 0 Å². The van der Waals surface area contributed by atoms with Crippen LogP contribution in [0.25, 0.3) is 0 Å². The first kappa shape index (κ1) is 19.6. The number of carbonyl (C=O) groups excluding carboxylic acids is 1. The summed E-state index contributed by atoms with van der Waals surface area (Å²) < 4.78 is 32.9. The van der Waals surface area contributed by atoms with Gasteiger partial charge >= 0.3 is 6.03 Å². The maximum absolute atomic E-state index is 13.6. The van der Waals surface area contributed by atoms with Gasteiger partial charge in [0.15, 0.2) is 0 Å². The lowest BCUT2D eigenvalue weighted by molar-refractivity contribution is 0.00964. The number of amides is 2. The summed E-state index contributed by atoms with van der Waals surface area (Å²) in [6.45, 7) is -0.0890. The highest BCUT2D eigenvalue weighted by molar-refractivity contribution is 6.33. The first-order chi connectivity index (χ1) is 13.0. The van der Waals surface area contributed by atoms with Crippen molar-refractivity contribution in [2.24, 2.45) is 0 Å².